The number of nitrogens with zero attached hydrogens (tertiary/aromatic N) is 1. The number of hydrogen-bond donors (Lipinski definition) is 0. The number of Topliss-reactive ketones (excluding diaryl/α,β-unsaturated/α-hetero) is 2. The van der Waals surface area contributed by atoms with Crippen molar-refractivity contribution in [3.8, 4) is 22.4 Å². The normalized spacial score (nSPS) is 24.9. The van der Waals surface area contributed by atoms with E-state index in [1.165, 1.54) is 29.5 Å². The van der Waals surface area contributed by atoms with E-state index in [1.54, 1.807) is 0 Å². The molecule has 0 N–H and O–H groups in total. The zero-order valence-electron chi connectivity index (χ0n) is 20.4. The molecule has 0 amide bonds. The highest BCUT2D eigenvalue weighted by molar-refractivity contribution is 6.23. The van der Waals surface area contributed by atoms with Gasteiger partial charge in [0.1, 0.15) is 0 Å². The summed E-state index contributed by atoms with van der Waals surface area (Å²) < 4.78 is 0. The first-order valence-electron chi connectivity index (χ1n) is 13.3. The van der Waals surface area contributed by atoms with Gasteiger partial charge in [-0.05, 0) is 65.5 Å². The molecular weight excluding hydrogens is 454 g/mol. The number of carbonyl (C=O) groups excluding carboxylic acids is 2. The molecule has 4 atom stereocenters. The van der Waals surface area contributed by atoms with Crippen molar-refractivity contribution in [1.82, 2.24) is 4.98 Å². The molecule has 1 heterocycles. The molecule has 8 rings (SSSR count). The van der Waals surface area contributed by atoms with Gasteiger partial charge in [-0.1, -0.05) is 78.9 Å². The lowest BCUT2D eigenvalue weighted by atomic mass is 9.71. The standard InChI is InChI=1S/C34H25NO2/c36-33-24-11-4-5-12-25(24)34(37)30-27(33)16-15-26-28-21-13-14-22(18-21)29(28)31(35-32(26)30)23-10-6-9-20(17-23)19-7-2-1-3-8-19/h1-12,15-17,21-22,24-25H,13-14,18H2. The first kappa shape index (κ1) is 21.0. The molecule has 4 aromatic rings. The minimum absolute atomic E-state index is 0.0189. The van der Waals surface area contributed by atoms with Crippen LogP contribution in [0.25, 0.3) is 33.3 Å². The lowest BCUT2D eigenvalue weighted by Gasteiger charge is -2.30. The zero-order valence-corrected chi connectivity index (χ0v) is 20.4. The number of benzene rings is 3. The fourth-order valence-electron chi connectivity index (χ4n) is 7.33. The molecule has 4 aliphatic carbocycles. The summed E-state index contributed by atoms with van der Waals surface area (Å²) in [5.41, 5.74) is 8.88. The van der Waals surface area contributed by atoms with Gasteiger partial charge in [0.2, 0.25) is 0 Å². The van der Waals surface area contributed by atoms with E-state index in [-0.39, 0.29) is 11.6 Å². The van der Waals surface area contributed by atoms with E-state index in [9.17, 15) is 9.59 Å². The van der Waals surface area contributed by atoms with Crippen molar-refractivity contribution in [3.63, 3.8) is 0 Å². The third kappa shape index (κ3) is 2.91. The summed E-state index contributed by atoms with van der Waals surface area (Å²) in [6.45, 7) is 0. The average molecular weight is 480 g/mol. The second-order valence-electron chi connectivity index (χ2n) is 10.9. The van der Waals surface area contributed by atoms with Gasteiger partial charge >= 0.3 is 0 Å². The zero-order chi connectivity index (χ0) is 24.7. The Morgan fingerprint density at radius 1 is 0.676 bits per heavy atom. The summed E-state index contributed by atoms with van der Waals surface area (Å²) in [6, 6.07) is 23.0. The van der Waals surface area contributed by atoms with Gasteiger partial charge in [-0.3, -0.25) is 9.59 Å². The topological polar surface area (TPSA) is 47.0 Å². The molecule has 1 aromatic heterocycles. The van der Waals surface area contributed by atoms with Gasteiger partial charge in [0.15, 0.2) is 11.6 Å². The van der Waals surface area contributed by atoms with Gasteiger partial charge in [0, 0.05) is 16.5 Å². The first-order valence-corrected chi connectivity index (χ1v) is 13.3. The number of carbonyl (C=O) groups is 2. The van der Waals surface area contributed by atoms with E-state index < -0.39 is 11.8 Å². The highest BCUT2D eigenvalue weighted by Crippen LogP contribution is 2.57. The second kappa shape index (κ2) is 7.69. The van der Waals surface area contributed by atoms with E-state index in [0.717, 1.165) is 28.6 Å². The predicted molar refractivity (Wildman–Crippen MR) is 146 cm³/mol. The Hall–Kier alpha value is -4.11. The minimum Gasteiger partial charge on any atom is -0.293 e. The molecule has 3 heteroatoms. The van der Waals surface area contributed by atoms with Crippen LogP contribution in [0.2, 0.25) is 0 Å². The molecule has 0 saturated heterocycles. The largest absolute Gasteiger partial charge is 0.293 e. The van der Waals surface area contributed by atoms with E-state index in [1.807, 2.05) is 36.4 Å². The van der Waals surface area contributed by atoms with Gasteiger partial charge in [-0.2, -0.15) is 0 Å². The molecule has 0 aliphatic heterocycles. The Morgan fingerprint density at radius 2 is 1.38 bits per heavy atom. The van der Waals surface area contributed by atoms with E-state index in [0.29, 0.717) is 28.5 Å². The van der Waals surface area contributed by atoms with Crippen molar-refractivity contribution < 1.29 is 9.59 Å². The van der Waals surface area contributed by atoms with E-state index in [2.05, 4.69) is 54.6 Å². The maximum atomic E-state index is 13.9. The maximum Gasteiger partial charge on any atom is 0.173 e. The van der Waals surface area contributed by atoms with Crippen molar-refractivity contribution in [3.05, 3.63) is 113 Å². The summed E-state index contributed by atoms with van der Waals surface area (Å²) in [5.74, 6) is 0.210. The monoisotopic (exact) mass is 479 g/mol. The van der Waals surface area contributed by atoms with Crippen molar-refractivity contribution in [1.29, 1.82) is 0 Å². The maximum absolute atomic E-state index is 13.9. The average Bonchev–Trinajstić information content (AvgIpc) is 3.59. The number of allylic oxidation sites excluding steroid dienone is 4. The minimum atomic E-state index is -0.438. The summed E-state index contributed by atoms with van der Waals surface area (Å²) in [5, 5.41) is 1.07. The molecule has 0 spiro atoms. The quantitative estimate of drug-likeness (QED) is 0.296. The summed E-state index contributed by atoms with van der Waals surface area (Å²) in [7, 11) is 0. The van der Waals surface area contributed by atoms with Crippen molar-refractivity contribution in [2.75, 3.05) is 0 Å². The van der Waals surface area contributed by atoms with Crippen LogP contribution in [0.3, 0.4) is 0 Å². The van der Waals surface area contributed by atoms with Crippen LogP contribution in [-0.4, -0.2) is 16.6 Å². The molecule has 37 heavy (non-hydrogen) atoms. The number of hydrogen-bond acceptors (Lipinski definition) is 3. The Morgan fingerprint density at radius 3 is 2.19 bits per heavy atom. The van der Waals surface area contributed by atoms with Crippen LogP contribution in [0.1, 0.15) is 62.9 Å². The Kier molecular flexibility index (Phi) is 4.37. The van der Waals surface area contributed by atoms with E-state index >= 15 is 0 Å². The van der Waals surface area contributed by atoms with Crippen molar-refractivity contribution in [2.45, 2.75) is 31.1 Å². The smallest absolute Gasteiger partial charge is 0.173 e. The van der Waals surface area contributed by atoms with Crippen LogP contribution >= 0.6 is 0 Å². The van der Waals surface area contributed by atoms with Gasteiger partial charge in [-0.15, -0.1) is 0 Å². The summed E-state index contributed by atoms with van der Waals surface area (Å²) >= 11 is 0. The first-order chi connectivity index (χ1) is 18.2. The molecule has 3 nitrogen and oxygen atoms in total. The molecule has 3 aromatic carbocycles. The van der Waals surface area contributed by atoms with Gasteiger partial charge in [0.25, 0.3) is 0 Å². The fourth-order valence-corrected chi connectivity index (χ4v) is 7.33. The molecular formula is C34H25NO2. The van der Waals surface area contributed by atoms with Crippen molar-refractivity contribution >= 4 is 22.5 Å². The lowest BCUT2D eigenvalue weighted by Crippen LogP contribution is -2.35. The van der Waals surface area contributed by atoms with Gasteiger partial charge < -0.3 is 0 Å². The van der Waals surface area contributed by atoms with Gasteiger partial charge in [-0.25, -0.2) is 4.98 Å². The fraction of sp³-hybridized carbons (Fsp3) is 0.206. The van der Waals surface area contributed by atoms with Crippen LogP contribution in [0.15, 0.2) is 91.0 Å². The Labute approximate surface area is 215 Å². The Balaban J connectivity index is 1.41. The molecule has 178 valence electrons. The number of ketones is 2. The number of pyridine rings is 1. The second-order valence-corrected chi connectivity index (χ2v) is 10.9. The third-order valence-electron chi connectivity index (χ3n) is 8.98. The molecule has 4 unspecified atom stereocenters. The molecule has 0 radical (unpaired) electrons. The molecule has 4 aliphatic rings. The van der Waals surface area contributed by atoms with Gasteiger partial charge in [0.05, 0.1) is 28.6 Å². The molecule has 1 saturated carbocycles. The summed E-state index contributed by atoms with van der Waals surface area (Å²) in [4.78, 5) is 32.7. The third-order valence-corrected chi connectivity index (χ3v) is 8.98. The van der Waals surface area contributed by atoms with Crippen molar-refractivity contribution in [2.24, 2.45) is 11.8 Å². The molecule has 2 bridgehead atoms. The SMILES string of the molecule is O=C1c2ccc3c4c(c(-c5cccc(-c6ccccc6)c5)nc3c2C(=O)C2C=CC=CC12)C1CCC4C1. The number of rotatable bonds is 2. The molecule has 1 fully saturated rings. The highest BCUT2D eigenvalue weighted by Gasteiger charge is 2.44. The van der Waals surface area contributed by atoms with Crippen LogP contribution in [0, 0.1) is 11.8 Å². The highest BCUT2D eigenvalue weighted by atomic mass is 16.1. The predicted octanol–water partition coefficient (Wildman–Crippen LogP) is 7.67. The number of fused-ring (bicyclic) bond motifs is 10. The lowest BCUT2D eigenvalue weighted by molar-refractivity contribution is 0.0803. The number of aromatic nitrogens is 1. The summed E-state index contributed by atoms with van der Waals surface area (Å²) in [6.07, 6.45) is 11.0. The Bertz CT molecular complexity index is 1710. The van der Waals surface area contributed by atoms with E-state index in [4.69, 9.17) is 4.98 Å². The van der Waals surface area contributed by atoms with Crippen LogP contribution in [0.5, 0.6) is 0 Å². The van der Waals surface area contributed by atoms with Crippen LogP contribution in [0.4, 0.5) is 0 Å². The van der Waals surface area contributed by atoms with Crippen LogP contribution in [-0.2, 0) is 0 Å². The van der Waals surface area contributed by atoms with Crippen LogP contribution < -0.4 is 0 Å².